The molecule has 4 nitrogen and oxygen atoms in total. The Morgan fingerprint density at radius 3 is 3.00 bits per heavy atom. The number of fused-ring (bicyclic) bond motifs is 2. The molecule has 2 aromatic rings. The summed E-state index contributed by atoms with van der Waals surface area (Å²) in [5.41, 5.74) is 0.113. The Kier molecular flexibility index (Phi) is 1.56. The summed E-state index contributed by atoms with van der Waals surface area (Å²) in [6, 6.07) is -0.408. The molecule has 1 fully saturated rings. The maximum Gasteiger partial charge on any atom is 0.139 e. The molecule has 0 spiro atoms. The van der Waals surface area contributed by atoms with Crippen LogP contribution >= 0.6 is 11.3 Å². The summed E-state index contributed by atoms with van der Waals surface area (Å²) in [7, 11) is 1.34. The number of nitrogens with one attached hydrogen (secondary N) is 1. The highest BCUT2D eigenvalue weighted by atomic mass is 32.1. The summed E-state index contributed by atoms with van der Waals surface area (Å²) in [5, 5.41) is 3.18. The first-order valence-electron chi connectivity index (χ1n) is 12.1. The second-order valence-corrected chi connectivity index (χ2v) is 5.92. The molecule has 0 radical (unpaired) electrons. The number of aliphatic imine (C=N–C) groups is 1. The third-order valence-electron chi connectivity index (χ3n) is 3.39. The molecule has 0 aliphatic carbocycles. The molecular formula is C17H20N4S. The molecule has 2 aliphatic heterocycles. The van der Waals surface area contributed by atoms with Gasteiger partial charge in [-0.05, 0) is 32.1 Å². The van der Waals surface area contributed by atoms with Crippen LogP contribution in [0, 0.1) is 6.85 Å². The van der Waals surface area contributed by atoms with E-state index in [1.54, 1.807) is 0 Å². The van der Waals surface area contributed by atoms with Gasteiger partial charge in [0.2, 0.25) is 0 Å². The number of hydrogen-bond donors (Lipinski definition) is 1. The van der Waals surface area contributed by atoms with Crippen molar-refractivity contribution < 1.29 is 15.1 Å². The summed E-state index contributed by atoms with van der Waals surface area (Å²) < 4.78 is 89.0. The van der Waals surface area contributed by atoms with E-state index in [-0.39, 0.29) is 51.8 Å². The van der Waals surface area contributed by atoms with Crippen molar-refractivity contribution in [2.24, 2.45) is 4.99 Å². The maximum atomic E-state index is 8.30. The van der Waals surface area contributed by atoms with Crippen molar-refractivity contribution in [3.05, 3.63) is 40.7 Å². The van der Waals surface area contributed by atoms with Crippen LogP contribution in [0.5, 0.6) is 0 Å². The molecule has 0 unspecified atom stereocenters. The van der Waals surface area contributed by atoms with Gasteiger partial charge in [0.25, 0.3) is 0 Å². The number of benzene rings is 1. The third kappa shape index (κ3) is 2.40. The van der Waals surface area contributed by atoms with Crippen molar-refractivity contribution in [1.82, 2.24) is 9.80 Å². The van der Waals surface area contributed by atoms with Gasteiger partial charge in [0.15, 0.2) is 0 Å². The summed E-state index contributed by atoms with van der Waals surface area (Å²) >= 11 is 0.880. The van der Waals surface area contributed by atoms with E-state index in [0.29, 0.717) is 0 Å². The van der Waals surface area contributed by atoms with Crippen molar-refractivity contribution in [3.8, 4) is 0 Å². The Labute approximate surface area is 150 Å². The van der Waals surface area contributed by atoms with Crippen molar-refractivity contribution in [2.75, 3.05) is 38.4 Å². The fourth-order valence-electron chi connectivity index (χ4n) is 2.30. The van der Waals surface area contributed by atoms with Gasteiger partial charge in [0, 0.05) is 40.6 Å². The molecular weight excluding hydrogens is 292 g/mol. The van der Waals surface area contributed by atoms with Crippen LogP contribution in [0.25, 0.3) is 0 Å². The van der Waals surface area contributed by atoms with E-state index < -0.39 is 38.0 Å². The van der Waals surface area contributed by atoms with Crippen molar-refractivity contribution >= 4 is 33.5 Å². The van der Waals surface area contributed by atoms with Gasteiger partial charge in [-0.3, -0.25) is 0 Å². The van der Waals surface area contributed by atoms with E-state index in [1.807, 2.05) is 0 Å². The van der Waals surface area contributed by atoms with Gasteiger partial charge in [0.05, 0.1) is 22.4 Å². The number of likely N-dealkylation sites (N-methyl/N-ethyl adjacent to an activating group) is 1. The Morgan fingerprint density at radius 2 is 2.18 bits per heavy atom. The molecule has 1 aromatic heterocycles. The Bertz CT molecular complexity index is 1150. The molecule has 0 saturated carbocycles. The van der Waals surface area contributed by atoms with E-state index in [2.05, 4.69) is 10.3 Å². The van der Waals surface area contributed by atoms with Crippen LogP contribution in [0.1, 0.15) is 25.5 Å². The van der Waals surface area contributed by atoms with Crippen LogP contribution in [0.3, 0.4) is 0 Å². The van der Waals surface area contributed by atoms with Gasteiger partial charge in [-0.15, -0.1) is 11.3 Å². The van der Waals surface area contributed by atoms with Crippen LogP contribution in [-0.2, 0) is 0 Å². The average molecular weight is 324 g/mol. The van der Waals surface area contributed by atoms with Crippen molar-refractivity contribution in [1.29, 1.82) is 0 Å². The Balaban J connectivity index is 1.98. The number of aryl methyl sites for hydroxylation is 1. The number of rotatable bonds is 0. The van der Waals surface area contributed by atoms with Gasteiger partial charge >= 0.3 is 0 Å². The lowest BCUT2D eigenvalue weighted by Crippen LogP contribution is -2.47. The molecule has 22 heavy (non-hydrogen) atoms. The first-order valence-corrected chi connectivity index (χ1v) is 7.46. The van der Waals surface area contributed by atoms with Gasteiger partial charge in [-0.25, -0.2) is 4.99 Å². The fourth-order valence-corrected chi connectivity index (χ4v) is 3.11. The standard InChI is InChI=1S/C17H20N4S/c1-12-11-13-16(21-9-7-20(2)8-10-21)18-14-5-3-4-6-15(14)19-17(13)22-12/h3-6,11,19H,7-10H2,1-2H3/i1D3,3D,4D,5D,6D,7D2,8D2. The minimum atomic E-state index is -2.45. The van der Waals surface area contributed by atoms with Crippen LogP contribution in [0.15, 0.2) is 35.2 Å². The van der Waals surface area contributed by atoms with E-state index in [9.17, 15) is 0 Å². The zero-order valence-electron chi connectivity index (χ0n) is 22.7. The number of para-hydroxylation sites is 2. The SMILES string of the molecule is [2H]c1c([2H])c([2H])c2c(c1[2H])N=C(N1CC([2H])([2H])N(C)C([2H])([2H])C1)c1cc(C([2H])([2H])[2H])sc1N2. The van der Waals surface area contributed by atoms with Gasteiger partial charge < -0.3 is 15.1 Å². The first-order chi connectivity index (χ1) is 15.0. The molecule has 0 amide bonds. The second kappa shape index (κ2) is 5.41. The lowest BCUT2D eigenvalue weighted by Gasteiger charge is -2.34. The fraction of sp³-hybridized carbons (Fsp3) is 0.353. The van der Waals surface area contributed by atoms with Crippen molar-refractivity contribution in [2.45, 2.75) is 6.85 Å². The molecule has 1 N–H and O–H groups in total. The van der Waals surface area contributed by atoms with E-state index >= 15 is 0 Å². The largest absolute Gasteiger partial charge is 0.353 e. The maximum absolute atomic E-state index is 8.30. The Hall–Kier alpha value is -1.85. The molecule has 2 aliphatic rings. The molecule has 0 bridgehead atoms. The number of piperazine rings is 1. The van der Waals surface area contributed by atoms with Crippen LogP contribution in [0.4, 0.5) is 16.4 Å². The van der Waals surface area contributed by atoms with Gasteiger partial charge in [0.1, 0.15) is 10.8 Å². The summed E-state index contributed by atoms with van der Waals surface area (Å²) in [5.74, 6) is 0.0360. The number of nitrogens with zero attached hydrogens (tertiary/aromatic N) is 3. The minimum absolute atomic E-state index is 0.0112. The molecule has 1 aromatic carbocycles. The van der Waals surface area contributed by atoms with Gasteiger partial charge in [-0.1, -0.05) is 12.1 Å². The van der Waals surface area contributed by atoms with Crippen molar-refractivity contribution in [3.63, 3.8) is 0 Å². The topological polar surface area (TPSA) is 30.9 Å². The molecule has 1 saturated heterocycles. The number of anilines is 2. The predicted molar refractivity (Wildman–Crippen MR) is 94.0 cm³/mol. The third-order valence-corrected chi connectivity index (χ3v) is 4.26. The molecule has 114 valence electrons. The summed E-state index contributed by atoms with van der Waals surface area (Å²) in [4.78, 5) is 6.80. The zero-order valence-corrected chi connectivity index (χ0v) is 12.6. The molecule has 0 atom stereocenters. The highest BCUT2D eigenvalue weighted by Gasteiger charge is 2.25. The highest BCUT2D eigenvalue weighted by molar-refractivity contribution is 7.16. The first kappa shape index (κ1) is 6.34. The van der Waals surface area contributed by atoms with Crippen LogP contribution in [0.2, 0.25) is 0 Å². The monoisotopic (exact) mass is 323 g/mol. The number of hydrogen-bond acceptors (Lipinski definition) is 5. The highest BCUT2D eigenvalue weighted by Crippen LogP contribution is 2.39. The molecule has 3 heterocycles. The number of thiophene rings is 1. The van der Waals surface area contributed by atoms with E-state index in [1.165, 1.54) is 18.0 Å². The summed E-state index contributed by atoms with van der Waals surface area (Å²) in [6.45, 7) is -7.21. The van der Waals surface area contributed by atoms with Gasteiger partial charge in [-0.2, -0.15) is 0 Å². The normalized spacial score (nSPS) is 30.5. The zero-order chi connectivity index (χ0) is 24.7. The second-order valence-electron chi connectivity index (χ2n) is 4.87. The summed E-state index contributed by atoms with van der Waals surface area (Å²) in [6.07, 6.45) is 0. The van der Waals surface area contributed by atoms with E-state index in [4.69, 9.17) is 15.1 Å². The molecule has 4 rings (SSSR count). The minimum Gasteiger partial charge on any atom is -0.353 e. The predicted octanol–water partition coefficient (Wildman–Crippen LogP) is 3.44. The quantitative estimate of drug-likeness (QED) is 0.806. The molecule has 5 heteroatoms. The lowest BCUT2D eigenvalue weighted by molar-refractivity contribution is 0.216. The average Bonchev–Trinajstić information content (AvgIpc) is 3.05. The number of amidine groups is 1. The van der Waals surface area contributed by atoms with Crippen LogP contribution in [-0.4, -0.2) is 48.8 Å². The Morgan fingerprint density at radius 1 is 1.36 bits per heavy atom. The van der Waals surface area contributed by atoms with E-state index in [0.717, 1.165) is 16.2 Å². The van der Waals surface area contributed by atoms with Crippen LogP contribution < -0.4 is 5.32 Å². The lowest BCUT2D eigenvalue weighted by atomic mass is 10.2. The smallest absolute Gasteiger partial charge is 0.139 e.